The third kappa shape index (κ3) is 7.06. The number of nitro benzene ring substituents is 1. The molecule has 1 aromatic rings. The first-order chi connectivity index (χ1) is 11.4. The van der Waals surface area contributed by atoms with Crippen LogP contribution in [-0.2, 0) is 14.8 Å². The summed E-state index contributed by atoms with van der Waals surface area (Å²) in [6.07, 6.45) is -0.305. The van der Waals surface area contributed by atoms with Crippen LogP contribution in [0.2, 0.25) is 0 Å². The largest absolute Gasteiger partial charge is 0.444 e. The molecule has 0 saturated heterocycles. The molecule has 0 saturated carbocycles. The second-order valence-corrected chi connectivity index (χ2v) is 8.19. The van der Waals surface area contributed by atoms with E-state index < -0.39 is 37.2 Å². The summed E-state index contributed by atoms with van der Waals surface area (Å²) in [4.78, 5) is 21.4. The molecule has 0 spiro atoms. The summed E-state index contributed by atoms with van der Waals surface area (Å²) in [5, 5.41) is 13.5. The molecule has 25 heavy (non-hydrogen) atoms. The van der Waals surface area contributed by atoms with E-state index in [1.54, 1.807) is 27.7 Å². The summed E-state index contributed by atoms with van der Waals surface area (Å²) >= 11 is 0. The van der Waals surface area contributed by atoms with Crippen LogP contribution in [0.1, 0.15) is 34.1 Å². The molecule has 1 rings (SSSR count). The van der Waals surface area contributed by atoms with Gasteiger partial charge >= 0.3 is 6.09 Å². The topological polar surface area (TPSA) is 128 Å². The van der Waals surface area contributed by atoms with E-state index in [2.05, 4.69) is 10.0 Å². The van der Waals surface area contributed by atoms with Gasteiger partial charge in [0.15, 0.2) is 4.90 Å². The van der Waals surface area contributed by atoms with Gasteiger partial charge in [-0.3, -0.25) is 10.1 Å². The van der Waals surface area contributed by atoms with Crippen LogP contribution in [0.4, 0.5) is 10.5 Å². The first-order valence-corrected chi connectivity index (χ1v) is 9.13. The van der Waals surface area contributed by atoms with Gasteiger partial charge in [0.1, 0.15) is 5.60 Å². The smallest absolute Gasteiger partial charge is 0.407 e. The molecule has 140 valence electrons. The van der Waals surface area contributed by atoms with Gasteiger partial charge in [-0.2, -0.15) is 0 Å². The average molecular weight is 373 g/mol. The Morgan fingerprint density at radius 1 is 1.32 bits per heavy atom. The van der Waals surface area contributed by atoms with E-state index in [1.807, 2.05) is 0 Å². The Balaban J connectivity index is 2.61. The summed E-state index contributed by atoms with van der Waals surface area (Å²) in [5.41, 5.74) is -1.12. The number of alkyl carbamates (subject to hydrolysis) is 1. The van der Waals surface area contributed by atoms with Gasteiger partial charge in [-0.05, 0) is 40.2 Å². The third-order valence-electron chi connectivity index (χ3n) is 2.98. The van der Waals surface area contributed by atoms with Crippen molar-refractivity contribution < 1.29 is 22.9 Å². The summed E-state index contributed by atoms with van der Waals surface area (Å²) < 4.78 is 31.8. The highest BCUT2D eigenvalue weighted by molar-refractivity contribution is 7.89. The van der Waals surface area contributed by atoms with E-state index in [-0.39, 0.29) is 12.6 Å². The molecule has 0 heterocycles. The second-order valence-electron chi connectivity index (χ2n) is 6.46. The van der Waals surface area contributed by atoms with Crippen LogP contribution in [0.25, 0.3) is 0 Å². The average Bonchev–Trinajstić information content (AvgIpc) is 2.44. The maximum atomic E-state index is 12.2. The highest BCUT2D eigenvalue weighted by atomic mass is 32.2. The van der Waals surface area contributed by atoms with Crippen molar-refractivity contribution in [3.05, 3.63) is 34.4 Å². The van der Waals surface area contributed by atoms with Crippen LogP contribution >= 0.6 is 0 Å². The number of carbonyl (C=O) groups excluding carboxylic acids is 1. The summed E-state index contributed by atoms with van der Waals surface area (Å²) in [5.74, 6) is 0. The number of nitrogens with one attached hydrogen (secondary N) is 2. The molecule has 9 nitrogen and oxygen atoms in total. The van der Waals surface area contributed by atoms with Gasteiger partial charge in [0.25, 0.3) is 5.69 Å². The number of nitrogens with zero attached hydrogens (tertiary/aromatic N) is 1. The number of amides is 1. The number of ether oxygens (including phenoxy) is 1. The highest BCUT2D eigenvalue weighted by Gasteiger charge is 2.25. The third-order valence-corrected chi connectivity index (χ3v) is 4.49. The Labute approximate surface area is 147 Å². The Kier molecular flexibility index (Phi) is 6.88. The first kappa shape index (κ1) is 20.8. The molecule has 10 heteroatoms. The zero-order valence-electron chi connectivity index (χ0n) is 14.6. The van der Waals surface area contributed by atoms with E-state index in [1.165, 1.54) is 18.2 Å². The maximum absolute atomic E-state index is 12.2. The fraction of sp³-hybridized carbons (Fsp3) is 0.533. The molecule has 0 aliphatic carbocycles. The Hall–Kier alpha value is -2.20. The lowest BCUT2D eigenvalue weighted by Crippen LogP contribution is -2.39. The lowest BCUT2D eigenvalue weighted by molar-refractivity contribution is -0.387. The van der Waals surface area contributed by atoms with Crippen molar-refractivity contribution in [3.63, 3.8) is 0 Å². The Morgan fingerprint density at radius 3 is 2.48 bits per heavy atom. The minimum absolute atomic E-state index is 0.00530. The molecule has 0 unspecified atom stereocenters. The molecule has 0 aliphatic heterocycles. The normalized spacial score (nSPS) is 13.1. The number of hydrogen-bond acceptors (Lipinski definition) is 6. The van der Waals surface area contributed by atoms with Crippen molar-refractivity contribution in [3.8, 4) is 0 Å². The molecule has 1 aromatic carbocycles. The van der Waals surface area contributed by atoms with E-state index in [9.17, 15) is 23.3 Å². The fourth-order valence-electron chi connectivity index (χ4n) is 1.90. The molecule has 0 aromatic heterocycles. The number of nitro groups is 1. The van der Waals surface area contributed by atoms with Crippen molar-refractivity contribution in [2.24, 2.45) is 0 Å². The number of benzene rings is 1. The van der Waals surface area contributed by atoms with Gasteiger partial charge in [-0.1, -0.05) is 12.1 Å². The number of rotatable bonds is 7. The minimum Gasteiger partial charge on any atom is -0.444 e. The zero-order valence-corrected chi connectivity index (χ0v) is 15.4. The molecular formula is C15H23N3O6S. The predicted octanol–water partition coefficient (Wildman–Crippen LogP) is 2.18. The van der Waals surface area contributed by atoms with Gasteiger partial charge in [0.2, 0.25) is 10.0 Å². The molecule has 0 fully saturated rings. The molecule has 1 atom stereocenters. The summed E-state index contributed by atoms with van der Waals surface area (Å²) in [7, 11) is -4.02. The van der Waals surface area contributed by atoms with E-state index in [0.717, 1.165) is 6.07 Å². The minimum atomic E-state index is -4.02. The van der Waals surface area contributed by atoms with E-state index in [0.29, 0.717) is 6.42 Å². The lowest BCUT2D eigenvalue weighted by Gasteiger charge is -2.22. The standard InChI is InChI=1S/C15H23N3O6S/c1-11(17-14(19)24-15(2,3)4)9-10-16-25(22,23)13-8-6-5-7-12(13)18(20)21/h5-8,11,16H,9-10H2,1-4H3,(H,17,19)/t11-/m1/s1. The van der Waals surface area contributed by atoms with Crippen molar-refractivity contribution in [1.82, 2.24) is 10.0 Å². The van der Waals surface area contributed by atoms with Crippen LogP contribution in [0.15, 0.2) is 29.2 Å². The molecule has 0 aliphatic rings. The second kappa shape index (κ2) is 8.26. The summed E-state index contributed by atoms with van der Waals surface area (Å²) in [6.45, 7) is 6.91. The van der Waals surface area contributed by atoms with E-state index >= 15 is 0 Å². The first-order valence-electron chi connectivity index (χ1n) is 7.65. The van der Waals surface area contributed by atoms with Crippen LogP contribution in [0.3, 0.4) is 0 Å². The van der Waals surface area contributed by atoms with Crippen molar-refractivity contribution >= 4 is 21.8 Å². The quantitative estimate of drug-likeness (QED) is 0.557. The maximum Gasteiger partial charge on any atom is 0.407 e. The number of sulfonamides is 1. The fourth-order valence-corrected chi connectivity index (χ4v) is 3.12. The zero-order chi connectivity index (χ0) is 19.3. The predicted molar refractivity (Wildman–Crippen MR) is 91.7 cm³/mol. The van der Waals surface area contributed by atoms with Gasteiger partial charge in [0, 0.05) is 18.7 Å². The molecule has 2 N–H and O–H groups in total. The Bertz CT molecular complexity index is 727. The lowest BCUT2D eigenvalue weighted by atomic mass is 10.2. The molecule has 0 bridgehead atoms. The number of para-hydroxylation sites is 1. The summed E-state index contributed by atoms with van der Waals surface area (Å²) in [6, 6.07) is 4.76. The van der Waals surface area contributed by atoms with Crippen LogP contribution in [0.5, 0.6) is 0 Å². The van der Waals surface area contributed by atoms with Gasteiger partial charge in [-0.15, -0.1) is 0 Å². The van der Waals surface area contributed by atoms with Crippen LogP contribution < -0.4 is 10.0 Å². The molecule has 0 radical (unpaired) electrons. The van der Waals surface area contributed by atoms with Crippen LogP contribution in [0, 0.1) is 10.1 Å². The molecular weight excluding hydrogens is 350 g/mol. The SMILES string of the molecule is C[C@H](CCNS(=O)(=O)c1ccccc1[N+](=O)[O-])NC(=O)OC(C)(C)C. The van der Waals surface area contributed by atoms with Crippen molar-refractivity contribution in [2.75, 3.05) is 6.54 Å². The van der Waals surface area contributed by atoms with Gasteiger partial charge < -0.3 is 10.1 Å². The highest BCUT2D eigenvalue weighted by Crippen LogP contribution is 2.22. The van der Waals surface area contributed by atoms with Gasteiger partial charge in [-0.25, -0.2) is 17.9 Å². The van der Waals surface area contributed by atoms with Crippen molar-refractivity contribution in [2.45, 2.75) is 50.7 Å². The van der Waals surface area contributed by atoms with Gasteiger partial charge in [0.05, 0.1) is 4.92 Å². The van der Waals surface area contributed by atoms with Crippen LogP contribution in [-0.4, -0.2) is 37.6 Å². The number of hydrogen-bond donors (Lipinski definition) is 2. The Morgan fingerprint density at radius 2 is 1.92 bits per heavy atom. The molecule has 1 amide bonds. The van der Waals surface area contributed by atoms with E-state index in [4.69, 9.17) is 4.74 Å². The number of carbonyl (C=O) groups is 1. The monoisotopic (exact) mass is 373 g/mol. The van der Waals surface area contributed by atoms with Crippen molar-refractivity contribution in [1.29, 1.82) is 0 Å².